The molecule has 8 nitrogen and oxygen atoms in total. The van der Waals surface area contributed by atoms with Crippen LogP contribution < -0.4 is 15.4 Å². The first kappa shape index (κ1) is 28.4. The van der Waals surface area contributed by atoms with Gasteiger partial charge in [-0.25, -0.2) is 4.98 Å². The Morgan fingerprint density at radius 3 is 2.51 bits per heavy atom. The summed E-state index contributed by atoms with van der Waals surface area (Å²) in [5.41, 5.74) is 2.29. The standard InChI is InChI=1S/C29H31N3O5S2/c1-3-25(27(34)32-29-31-24(17-38-29)18-12-14-20(15-13-18)37-4-2)39-21-9-7-8-19(16-21)30-26(33)22-10-5-6-11-23(22)28(35)36/h5-9,12-17,22-23,25H,3-4,10-11H2,1-2H3,(H,30,33)(H,35,36)(H,31,32,34). The molecule has 39 heavy (non-hydrogen) atoms. The van der Waals surface area contributed by atoms with Crippen molar-refractivity contribution in [2.75, 3.05) is 17.2 Å². The topological polar surface area (TPSA) is 118 Å². The number of rotatable bonds is 11. The van der Waals surface area contributed by atoms with Crippen molar-refractivity contribution >= 4 is 51.7 Å². The van der Waals surface area contributed by atoms with Crippen LogP contribution in [0.25, 0.3) is 11.3 Å². The normalized spacial score (nSPS) is 17.3. The SMILES string of the molecule is CCOc1ccc(-c2csc(NC(=O)C(CC)Sc3cccc(NC(=O)C4CC=CCC4C(=O)O)c3)n2)cc1. The number of benzene rings is 2. The number of nitrogens with one attached hydrogen (secondary N) is 2. The molecule has 2 aromatic carbocycles. The van der Waals surface area contributed by atoms with E-state index in [1.807, 2.05) is 67.8 Å². The molecule has 0 saturated heterocycles. The number of carboxylic acids is 1. The predicted molar refractivity (Wildman–Crippen MR) is 155 cm³/mol. The molecule has 0 spiro atoms. The summed E-state index contributed by atoms with van der Waals surface area (Å²) in [5.74, 6) is -1.99. The maximum absolute atomic E-state index is 13.1. The fourth-order valence-electron chi connectivity index (χ4n) is 4.28. The van der Waals surface area contributed by atoms with Crippen molar-refractivity contribution in [3.8, 4) is 17.0 Å². The molecule has 4 rings (SSSR count). The van der Waals surface area contributed by atoms with Crippen LogP contribution in [0.5, 0.6) is 5.75 Å². The van der Waals surface area contributed by atoms with Crippen LogP contribution >= 0.6 is 23.1 Å². The number of allylic oxidation sites excluding steroid dienone is 2. The minimum atomic E-state index is -0.965. The lowest BCUT2D eigenvalue weighted by Gasteiger charge is -2.24. The summed E-state index contributed by atoms with van der Waals surface area (Å²) in [6.45, 7) is 4.49. The number of carbonyl (C=O) groups excluding carboxylic acids is 2. The average Bonchev–Trinajstić information content (AvgIpc) is 3.40. The van der Waals surface area contributed by atoms with Gasteiger partial charge in [0.05, 0.1) is 29.4 Å². The Balaban J connectivity index is 1.37. The molecule has 1 aliphatic rings. The van der Waals surface area contributed by atoms with Crippen molar-refractivity contribution in [1.29, 1.82) is 0 Å². The van der Waals surface area contributed by atoms with Crippen LogP contribution in [0.3, 0.4) is 0 Å². The van der Waals surface area contributed by atoms with Gasteiger partial charge in [-0.2, -0.15) is 0 Å². The number of ether oxygens (including phenoxy) is 1. The third-order valence-electron chi connectivity index (χ3n) is 6.32. The Bertz CT molecular complexity index is 1340. The van der Waals surface area contributed by atoms with E-state index in [1.54, 1.807) is 12.1 Å². The molecule has 2 amide bonds. The lowest BCUT2D eigenvalue weighted by molar-refractivity contribution is -0.146. The lowest BCUT2D eigenvalue weighted by atomic mass is 9.82. The van der Waals surface area contributed by atoms with Gasteiger partial charge in [0.15, 0.2) is 5.13 Å². The van der Waals surface area contributed by atoms with Crippen LogP contribution in [0.2, 0.25) is 0 Å². The van der Waals surface area contributed by atoms with Gasteiger partial charge in [-0.05, 0) is 68.7 Å². The van der Waals surface area contributed by atoms with Crippen LogP contribution in [0.15, 0.2) is 71.0 Å². The van der Waals surface area contributed by atoms with Gasteiger partial charge in [0.25, 0.3) is 0 Å². The number of anilines is 2. The van der Waals surface area contributed by atoms with Gasteiger partial charge in [0, 0.05) is 21.5 Å². The molecule has 1 aromatic heterocycles. The highest BCUT2D eigenvalue weighted by molar-refractivity contribution is 8.00. The second-order valence-corrected chi connectivity index (χ2v) is 11.1. The summed E-state index contributed by atoms with van der Waals surface area (Å²) < 4.78 is 5.49. The monoisotopic (exact) mass is 565 g/mol. The Morgan fingerprint density at radius 1 is 1.08 bits per heavy atom. The first-order valence-electron chi connectivity index (χ1n) is 12.8. The van der Waals surface area contributed by atoms with Gasteiger partial charge < -0.3 is 20.5 Å². The van der Waals surface area contributed by atoms with Gasteiger partial charge in [-0.15, -0.1) is 23.1 Å². The number of aromatic nitrogens is 1. The highest BCUT2D eigenvalue weighted by Gasteiger charge is 2.34. The molecule has 0 bridgehead atoms. The molecule has 0 radical (unpaired) electrons. The van der Waals surface area contributed by atoms with E-state index < -0.39 is 17.8 Å². The van der Waals surface area contributed by atoms with Gasteiger partial charge in [-0.3, -0.25) is 14.4 Å². The molecule has 3 aromatic rings. The number of hydrogen-bond donors (Lipinski definition) is 3. The Labute approximate surface area is 235 Å². The van der Waals surface area contributed by atoms with E-state index in [2.05, 4.69) is 15.6 Å². The van der Waals surface area contributed by atoms with Gasteiger partial charge in [0.1, 0.15) is 5.75 Å². The molecule has 0 aliphatic heterocycles. The summed E-state index contributed by atoms with van der Waals surface area (Å²) in [6.07, 6.45) is 5.00. The fraction of sp³-hybridized carbons (Fsp3) is 0.310. The number of aliphatic carboxylic acids is 1. The Morgan fingerprint density at radius 2 is 1.82 bits per heavy atom. The number of thioether (sulfide) groups is 1. The number of carbonyl (C=O) groups is 3. The Hall–Kier alpha value is -3.63. The summed E-state index contributed by atoms with van der Waals surface area (Å²) >= 11 is 2.77. The van der Waals surface area contributed by atoms with E-state index in [-0.39, 0.29) is 17.1 Å². The molecular formula is C29H31N3O5S2. The van der Waals surface area contributed by atoms with Crippen molar-refractivity contribution < 1.29 is 24.2 Å². The first-order chi connectivity index (χ1) is 18.9. The van der Waals surface area contributed by atoms with E-state index in [0.717, 1.165) is 21.9 Å². The average molecular weight is 566 g/mol. The zero-order valence-electron chi connectivity index (χ0n) is 21.8. The number of hydrogen-bond acceptors (Lipinski definition) is 7. The van der Waals surface area contributed by atoms with Crippen molar-refractivity contribution in [2.45, 2.75) is 43.3 Å². The zero-order valence-corrected chi connectivity index (χ0v) is 23.4. The van der Waals surface area contributed by atoms with E-state index in [9.17, 15) is 19.5 Å². The molecule has 3 atom stereocenters. The van der Waals surface area contributed by atoms with Gasteiger partial charge >= 0.3 is 5.97 Å². The highest BCUT2D eigenvalue weighted by Crippen LogP contribution is 2.32. The largest absolute Gasteiger partial charge is 0.494 e. The third kappa shape index (κ3) is 7.48. The molecule has 204 valence electrons. The van der Waals surface area contributed by atoms with Crippen LogP contribution in [-0.2, 0) is 14.4 Å². The van der Waals surface area contributed by atoms with Crippen molar-refractivity contribution in [2.24, 2.45) is 11.8 Å². The molecule has 1 heterocycles. The molecule has 0 saturated carbocycles. The van der Waals surface area contributed by atoms with Gasteiger partial charge in [-0.1, -0.05) is 25.1 Å². The quantitative estimate of drug-likeness (QED) is 0.184. The molecule has 1 aliphatic carbocycles. The summed E-state index contributed by atoms with van der Waals surface area (Å²) in [6, 6.07) is 14.9. The summed E-state index contributed by atoms with van der Waals surface area (Å²) in [4.78, 5) is 42.9. The third-order valence-corrected chi connectivity index (χ3v) is 8.44. The van der Waals surface area contributed by atoms with Crippen molar-refractivity contribution in [1.82, 2.24) is 4.98 Å². The van der Waals surface area contributed by atoms with E-state index in [0.29, 0.717) is 36.7 Å². The lowest BCUT2D eigenvalue weighted by Crippen LogP contribution is -2.34. The van der Waals surface area contributed by atoms with E-state index in [4.69, 9.17) is 4.74 Å². The second kappa shape index (κ2) is 13.4. The van der Waals surface area contributed by atoms with Crippen LogP contribution in [0.4, 0.5) is 10.8 Å². The maximum Gasteiger partial charge on any atom is 0.307 e. The summed E-state index contributed by atoms with van der Waals surface area (Å²) in [5, 5.41) is 17.3. The molecule has 10 heteroatoms. The maximum atomic E-state index is 13.1. The van der Waals surface area contributed by atoms with Crippen molar-refractivity contribution in [3.63, 3.8) is 0 Å². The van der Waals surface area contributed by atoms with Gasteiger partial charge in [0.2, 0.25) is 11.8 Å². The molecule has 3 unspecified atom stereocenters. The van der Waals surface area contributed by atoms with E-state index >= 15 is 0 Å². The predicted octanol–water partition coefficient (Wildman–Crippen LogP) is 6.32. The first-order valence-corrected chi connectivity index (χ1v) is 14.6. The smallest absolute Gasteiger partial charge is 0.307 e. The fourth-order valence-corrected chi connectivity index (χ4v) is 6.02. The number of nitrogens with zero attached hydrogens (tertiary/aromatic N) is 1. The summed E-state index contributed by atoms with van der Waals surface area (Å²) in [7, 11) is 0. The minimum absolute atomic E-state index is 0.150. The van der Waals surface area contributed by atoms with Crippen LogP contribution in [-0.4, -0.2) is 39.7 Å². The molecular weight excluding hydrogens is 534 g/mol. The highest BCUT2D eigenvalue weighted by atomic mass is 32.2. The second-order valence-electron chi connectivity index (χ2n) is 9.01. The molecule has 0 fully saturated rings. The number of thiazole rings is 1. The van der Waals surface area contributed by atoms with Crippen LogP contribution in [0, 0.1) is 11.8 Å². The molecule has 3 N–H and O–H groups in total. The van der Waals surface area contributed by atoms with Crippen molar-refractivity contribution in [3.05, 3.63) is 66.1 Å². The Kier molecular flexibility index (Phi) is 9.78. The zero-order chi connectivity index (χ0) is 27.8. The number of carboxylic acid groups (broad SMARTS) is 1. The minimum Gasteiger partial charge on any atom is -0.494 e. The van der Waals surface area contributed by atoms with Crippen LogP contribution in [0.1, 0.15) is 33.1 Å². The van der Waals surface area contributed by atoms with E-state index in [1.165, 1.54) is 23.1 Å². The number of amides is 2.